The second-order valence-corrected chi connectivity index (χ2v) is 6.42. The van der Waals surface area contributed by atoms with Crippen LogP contribution in [0.1, 0.15) is 18.1 Å². The maximum Gasteiger partial charge on any atom is 0.265 e. The molecule has 1 amide bonds. The van der Waals surface area contributed by atoms with Crippen LogP contribution < -0.4 is 10.1 Å². The highest BCUT2D eigenvalue weighted by Crippen LogP contribution is 2.34. The highest BCUT2D eigenvalue weighted by atomic mass is 35.5. The van der Waals surface area contributed by atoms with Gasteiger partial charge in [0, 0.05) is 11.8 Å². The van der Waals surface area contributed by atoms with E-state index in [2.05, 4.69) is 5.32 Å². The van der Waals surface area contributed by atoms with Crippen molar-refractivity contribution < 1.29 is 9.53 Å². The molecule has 0 aliphatic rings. The largest absolute Gasteiger partial charge is 0.479 e. The molecule has 0 aliphatic heterocycles. The number of benzene rings is 2. The number of rotatable bonds is 4. The fourth-order valence-electron chi connectivity index (χ4n) is 1.96. The van der Waals surface area contributed by atoms with Gasteiger partial charge in [-0.15, -0.1) is 0 Å². The zero-order chi connectivity index (χ0) is 17.1. The van der Waals surface area contributed by atoms with E-state index in [0.717, 1.165) is 16.8 Å². The van der Waals surface area contributed by atoms with E-state index in [-0.39, 0.29) is 5.91 Å². The monoisotopic (exact) mass is 371 g/mol. The number of halogens is 3. The van der Waals surface area contributed by atoms with Gasteiger partial charge in [-0.05, 0) is 44.0 Å². The van der Waals surface area contributed by atoms with Crippen LogP contribution in [0, 0.1) is 13.8 Å². The van der Waals surface area contributed by atoms with Crippen molar-refractivity contribution in [2.45, 2.75) is 26.9 Å². The van der Waals surface area contributed by atoms with E-state index < -0.39 is 6.10 Å². The maximum absolute atomic E-state index is 12.3. The number of carbonyl (C=O) groups excluding carboxylic acids is 1. The van der Waals surface area contributed by atoms with Crippen molar-refractivity contribution in [2.24, 2.45) is 0 Å². The smallest absolute Gasteiger partial charge is 0.265 e. The molecule has 1 N–H and O–H groups in total. The first-order chi connectivity index (χ1) is 10.8. The average Bonchev–Trinajstić information content (AvgIpc) is 2.49. The van der Waals surface area contributed by atoms with Gasteiger partial charge in [0.15, 0.2) is 6.10 Å². The minimum Gasteiger partial charge on any atom is -0.479 e. The topological polar surface area (TPSA) is 38.3 Å². The lowest BCUT2D eigenvalue weighted by Gasteiger charge is -2.17. The second kappa shape index (κ2) is 7.43. The summed E-state index contributed by atoms with van der Waals surface area (Å²) in [5.41, 5.74) is 2.87. The molecule has 1 atom stereocenters. The molecule has 0 spiro atoms. The van der Waals surface area contributed by atoms with Gasteiger partial charge >= 0.3 is 0 Å². The lowest BCUT2D eigenvalue weighted by molar-refractivity contribution is -0.122. The molecule has 0 fully saturated rings. The van der Waals surface area contributed by atoms with Crippen molar-refractivity contribution in [3.63, 3.8) is 0 Å². The third kappa shape index (κ3) is 4.31. The van der Waals surface area contributed by atoms with E-state index in [4.69, 9.17) is 39.5 Å². The van der Waals surface area contributed by atoms with Crippen molar-refractivity contribution in [1.82, 2.24) is 0 Å². The SMILES string of the molecule is Cc1cccc(NC(=O)[C@@H](C)Oc2cc(Cl)c(Cl)cc2Cl)c1C. The molecule has 122 valence electrons. The normalized spacial score (nSPS) is 11.9. The summed E-state index contributed by atoms with van der Waals surface area (Å²) in [4.78, 5) is 12.3. The molecular formula is C17H16Cl3NO2. The molecule has 6 heteroatoms. The molecule has 23 heavy (non-hydrogen) atoms. The van der Waals surface area contributed by atoms with Crippen molar-refractivity contribution in [3.05, 3.63) is 56.5 Å². The van der Waals surface area contributed by atoms with E-state index >= 15 is 0 Å². The third-order valence-electron chi connectivity index (χ3n) is 3.51. The molecule has 0 unspecified atom stereocenters. The lowest BCUT2D eigenvalue weighted by atomic mass is 10.1. The van der Waals surface area contributed by atoms with Gasteiger partial charge in [-0.3, -0.25) is 4.79 Å². The lowest BCUT2D eigenvalue weighted by Crippen LogP contribution is -2.30. The van der Waals surface area contributed by atoms with Crippen molar-refractivity contribution in [1.29, 1.82) is 0 Å². The zero-order valence-corrected chi connectivity index (χ0v) is 15.2. The Balaban J connectivity index is 2.11. The molecule has 2 aromatic rings. The van der Waals surface area contributed by atoms with E-state index in [1.54, 1.807) is 6.92 Å². The molecule has 0 bridgehead atoms. The molecule has 0 heterocycles. The van der Waals surface area contributed by atoms with Crippen LogP contribution in [-0.4, -0.2) is 12.0 Å². The molecule has 2 rings (SSSR count). The van der Waals surface area contributed by atoms with Gasteiger partial charge < -0.3 is 10.1 Å². The number of carbonyl (C=O) groups is 1. The number of nitrogens with one attached hydrogen (secondary N) is 1. The van der Waals surface area contributed by atoms with E-state index in [1.807, 2.05) is 32.0 Å². The number of ether oxygens (including phenoxy) is 1. The Morgan fingerprint density at radius 3 is 2.43 bits per heavy atom. The third-order valence-corrected chi connectivity index (χ3v) is 4.53. The highest BCUT2D eigenvalue weighted by molar-refractivity contribution is 6.43. The highest BCUT2D eigenvalue weighted by Gasteiger charge is 2.18. The van der Waals surface area contributed by atoms with Crippen LogP contribution in [0.25, 0.3) is 0 Å². The second-order valence-electron chi connectivity index (χ2n) is 5.19. The van der Waals surface area contributed by atoms with Gasteiger partial charge in [0.1, 0.15) is 5.75 Å². The predicted octanol–water partition coefficient (Wildman–Crippen LogP) is 5.67. The molecule has 3 nitrogen and oxygen atoms in total. The van der Waals surface area contributed by atoms with Gasteiger partial charge in [-0.25, -0.2) is 0 Å². The summed E-state index contributed by atoms with van der Waals surface area (Å²) < 4.78 is 5.60. The zero-order valence-electron chi connectivity index (χ0n) is 12.9. The van der Waals surface area contributed by atoms with Crippen molar-refractivity contribution in [3.8, 4) is 5.75 Å². The molecule has 0 aliphatic carbocycles. The standard InChI is InChI=1S/C17H16Cl3NO2/c1-9-5-4-6-15(10(9)2)21-17(22)11(3)23-16-8-13(19)12(18)7-14(16)20/h4-8,11H,1-3H3,(H,21,22)/t11-/m1/s1. The fourth-order valence-corrected chi connectivity index (χ4v) is 2.54. The summed E-state index contributed by atoms with van der Waals surface area (Å²) in [6.07, 6.45) is -0.746. The first kappa shape index (κ1) is 17.9. The molecular weight excluding hydrogens is 357 g/mol. The Kier molecular flexibility index (Phi) is 5.79. The first-order valence-corrected chi connectivity index (χ1v) is 8.11. The van der Waals surface area contributed by atoms with Crippen molar-refractivity contribution in [2.75, 3.05) is 5.32 Å². The number of amides is 1. The molecule has 0 saturated carbocycles. The number of hydrogen-bond donors (Lipinski definition) is 1. The van der Waals surface area contributed by atoms with Crippen molar-refractivity contribution >= 4 is 46.4 Å². The van der Waals surface area contributed by atoms with Crippen LogP contribution in [0.15, 0.2) is 30.3 Å². The summed E-state index contributed by atoms with van der Waals surface area (Å²) in [6, 6.07) is 8.70. The predicted molar refractivity (Wildman–Crippen MR) is 96.1 cm³/mol. The van der Waals surface area contributed by atoms with Gasteiger partial charge in [0.25, 0.3) is 5.91 Å². The van der Waals surface area contributed by atoms with Gasteiger partial charge in [-0.2, -0.15) is 0 Å². The van der Waals surface area contributed by atoms with Gasteiger partial charge in [0.05, 0.1) is 15.1 Å². The van der Waals surface area contributed by atoms with E-state index in [1.165, 1.54) is 12.1 Å². The van der Waals surface area contributed by atoms with Crippen LogP contribution in [0.3, 0.4) is 0 Å². The summed E-state index contributed by atoms with van der Waals surface area (Å²) in [5.74, 6) is 0.0329. The number of aryl methyl sites for hydroxylation is 1. The van der Waals surface area contributed by atoms with Crippen LogP contribution >= 0.6 is 34.8 Å². The number of anilines is 1. The average molecular weight is 373 g/mol. The molecule has 0 saturated heterocycles. The maximum atomic E-state index is 12.3. The molecule has 0 radical (unpaired) electrons. The summed E-state index contributed by atoms with van der Waals surface area (Å²) in [7, 11) is 0. The van der Waals surface area contributed by atoms with Crippen LogP contribution in [-0.2, 0) is 4.79 Å². The Bertz CT molecular complexity index is 747. The molecule has 0 aromatic heterocycles. The number of hydrogen-bond acceptors (Lipinski definition) is 2. The Morgan fingerprint density at radius 1 is 1.09 bits per heavy atom. The minimum atomic E-state index is -0.746. The van der Waals surface area contributed by atoms with Crippen LogP contribution in [0.2, 0.25) is 15.1 Å². The first-order valence-electron chi connectivity index (χ1n) is 6.98. The molecule has 2 aromatic carbocycles. The van der Waals surface area contributed by atoms with Crippen LogP contribution in [0.5, 0.6) is 5.75 Å². The van der Waals surface area contributed by atoms with Gasteiger partial charge in [0.2, 0.25) is 0 Å². The van der Waals surface area contributed by atoms with E-state index in [9.17, 15) is 4.79 Å². The van der Waals surface area contributed by atoms with E-state index in [0.29, 0.717) is 20.8 Å². The Labute approximate surface area is 150 Å². The Hall–Kier alpha value is -1.42. The summed E-state index contributed by atoms with van der Waals surface area (Å²) in [6.45, 7) is 5.58. The minimum absolute atomic E-state index is 0.277. The summed E-state index contributed by atoms with van der Waals surface area (Å²) >= 11 is 17.9. The Morgan fingerprint density at radius 2 is 1.74 bits per heavy atom. The fraction of sp³-hybridized carbons (Fsp3) is 0.235. The summed E-state index contributed by atoms with van der Waals surface area (Å²) in [5, 5.41) is 3.79. The van der Waals surface area contributed by atoms with Gasteiger partial charge in [-0.1, -0.05) is 46.9 Å². The van der Waals surface area contributed by atoms with Crippen LogP contribution in [0.4, 0.5) is 5.69 Å². The quantitative estimate of drug-likeness (QED) is 0.702.